The molecule has 2 aromatic carbocycles. The van der Waals surface area contributed by atoms with E-state index in [0.717, 1.165) is 0 Å². The number of nitrogens with two attached hydrogens (primary N) is 2. The van der Waals surface area contributed by atoms with Gasteiger partial charge in [-0.25, -0.2) is 27.4 Å². The lowest BCUT2D eigenvalue weighted by Crippen LogP contribution is -2.12. The lowest BCUT2D eigenvalue weighted by molar-refractivity contribution is 0.0496. The van der Waals surface area contributed by atoms with Crippen LogP contribution in [0.4, 0.5) is 4.39 Å². The van der Waals surface area contributed by atoms with Gasteiger partial charge in [-0.3, -0.25) is 0 Å². The number of aromatic nitrogens is 2. The summed E-state index contributed by atoms with van der Waals surface area (Å²) in [6.07, 6.45) is 0. The second-order valence-corrected chi connectivity index (χ2v) is 6.84. The first-order valence-corrected chi connectivity index (χ1v) is 8.74. The summed E-state index contributed by atoms with van der Waals surface area (Å²) in [6.45, 7) is 0. The molecule has 0 radical (unpaired) electrons. The lowest BCUT2D eigenvalue weighted by atomic mass is 10.1. The molecule has 0 aliphatic rings. The number of halogens is 1. The predicted octanol–water partition coefficient (Wildman–Crippen LogP) is 1.36. The molecular weight excluding hydrogens is 363 g/mol. The van der Waals surface area contributed by atoms with Crippen LogP contribution in [0.2, 0.25) is 0 Å². The van der Waals surface area contributed by atoms with E-state index < -0.39 is 21.8 Å². The van der Waals surface area contributed by atoms with Crippen molar-refractivity contribution in [2.75, 3.05) is 0 Å². The van der Waals surface area contributed by atoms with Crippen molar-refractivity contribution in [1.82, 2.24) is 9.78 Å². The Kier molecular flexibility index (Phi) is 4.55. The molecule has 3 rings (SSSR count). The first kappa shape index (κ1) is 17.7. The number of primary sulfonamides is 1. The third kappa shape index (κ3) is 3.47. The first-order valence-electron chi connectivity index (χ1n) is 7.20. The van der Waals surface area contributed by atoms with Gasteiger partial charge in [-0.2, -0.15) is 11.0 Å². The van der Waals surface area contributed by atoms with E-state index in [4.69, 9.17) is 11.0 Å². The largest absolute Gasteiger partial charge is 0.377 e. The van der Waals surface area contributed by atoms with Gasteiger partial charge in [0.15, 0.2) is 5.69 Å². The molecule has 0 spiro atoms. The molecule has 0 amide bonds. The van der Waals surface area contributed by atoms with Gasteiger partial charge in [0, 0.05) is 5.56 Å². The van der Waals surface area contributed by atoms with E-state index in [0.29, 0.717) is 16.9 Å². The molecule has 26 heavy (non-hydrogen) atoms. The molecule has 1 heterocycles. The number of benzene rings is 2. The first-order chi connectivity index (χ1) is 12.3. The fourth-order valence-corrected chi connectivity index (χ4v) is 2.86. The van der Waals surface area contributed by atoms with Crippen LogP contribution >= 0.6 is 0 Å². The summed E-state index contributed by atoms with van der Waals surface area (Å²) in [6, 6.07) is 12.5. The molecule has 0 saturated carbocycles. The topological polar surface area (TPSA) is 130 Å². The fourth-order valence-electron chi connectivity index (χ4n) is 2.34. The maximum atomic E-state index is 13.2. The number of rotatable bonds is 4. The van der Waals surface area contributed by atoms with Gasteiger partial charge in [0.1, 0.15) is 5.82 Å². The van der Waals surface area contributed by atoms with E-state index in [9.17, 15) is 17.6 Å². The van der Waals surface area contributed by atoms with E-state index in [2.05, 4.69) is 9.94 Å². The normalized spacial score (nSPS) is 11.3. The van der Waals surface area contributed by atoms with Crippen LogP contribution in [0, 0.1) is 5.82 Å². The summed E-state index contributed by atoms with van der Waals surface area (Å²) in [5, 5.41) is 9.21. The second kappa shape index (κ2) is 6.67. The maximum absolute atomic E-state index is 13.2. The van der Waals surface area contributed by atoms with Crippen molar-refractivity contribution in [3.8, 4) is 16.9 Å². The molecular formula is C16H13FN4O4S. The number of nitrogens with zero attached hydrogens (tertiary/aromatic N) is 2. The number of carbonyl (C=O) groups excluding carboxylic acids is 1. The smallest absolute Gasteiger partial charge is 0.368 e. The molecule has 0 saturated heterocycles. The number of hydrogen-bond donors (Lipinski definition) is 2. The highest BCUT2D eigenvalue weighted by atomic mass is 32.2. The van der Waals surface area contributed by atoms with E-state index in [1.54, 1.807) is 0 Å². The van der Waals surface area contributed by atoms with Crippen LogP contribution in [-0.2, 0) is 14.9 Å². The Balaban J connectivity index is 2.14. The van der Waals surface area contributed by atoms with Crippen LogP contribution < -0.4 is 11.0 Å². The summed E-state index contributed by atoms with van der Waals surface area (Å²) in [4.78, 5) is 15.8. The highest BCUT2D eigenvalue weighted by Gasteiger charge is 2.18. The van der Waals surface area contributed by atoms with Gasteiger partial charge in [0.25, 0.3) is 0 Å². The monoisotopic (exact) mass is 376 g/mol. The molecule has 4 N–H and O–H groups in total. The Morgan fingerprint density at radius 2 is 1.69 bits per heavy atom. The van der Waals surface area contributed by atoms with Gasteiger partial charge in [0.2, 0.25) is 10.0 Å². The minimum atomic E-state index is -3.84. The van der Waals surface area contributed by atoms with Crippen molar-refractivity contribution in [3.63, 3.8) is 0 Å². The molecule has 134 valence electrons. The number of sulfonamides is 1. The van der Waals surface area contributed by atoms with Crippen molar-refractivity contribution in [2.24, 2.45) is 11.0 Å². The summed E-state index contributed by atoms with van der Waals surface area (Å²) >= 11 is 0. The van der Waals surface area contributed by atoms with E-state index in [-0.39, 0.29) is 10.6 Å². The fraction of sp³-hybridized carbons (Fsp3) is 0. The van der Waals surface area contributed by atoms with E-state index >= 15 is 0 Å². The molecule has 1 aromatic heterocycles. The summed E-state index contributed by atoms with van der Waals surface area (Å²) in [5.74, 6) is 3.63. The van der Waals surface area contributed by atoms with Crippen LogP contribution in [-0.4, -0.2) is 24.2 Å². The van der Waals surface area contributed by atoms with Crippen LogP contribution in [0.15, 0.2) is 59.5 Å². The zero-order valence-corrected chi connectivity index (χ0v) is 14.0. The quantitative estimate of drug-likeness (QED) is 0.661. The van der Waals surface area contributed by atoms with Crippen molar-refractivity contribution in [2.45, 2.75) is 4.90 Å². The van der Waals surface area contributed by atoms with Crippen LogP contribution in [0.5, 0.6) is 0 Å². The number of hydrogen-bond acceptors (Lipinski definition) is 6. The van der Waals surface area contributed by atoms with Gasteiger partial charge in [-0.1, -0.05) is 0 Å². The molecule has 0 atom stereocenters. The third-order valence-electron chi connectivity index (χ3n) is 3.58. The Bertz CT molecular complexity index is 1060. The molecule has 8 nitrogen and oxygen atoms in total. The van der Waals surface area contributed by atoms with Crippen LogP contribution in [0.25, 0.3) is 16.9 Å². The van der Waals surface area contributed by atoms with Gasteiger partial charge in [-0.05, 0) is 54.6 Å². The van der Waals surface area contributed by atoms with Gasteiger partial charge in [0.05, 0.1) is 16.3 Å². The van der Waals surface area contributed by atoms with Gasteiger partial charge < -0.3 is 4.84 Å². The van der Waals surface area contributed by atoms with Crippen molar-refractivity contribution in [1.29, 1.82) is 0 Å². The zero-order valence-electron chi connectivity index (χ0n) is 13.2. The molecule has 0 unspecified atom stereocenters. The third-order valence-corrected chi connectivity index (χ3v) is 4.50. The summed E-state index contributed by atoms with van der Waals surface area (Å²) in [5.41, 5.74) is 1.41. The van der Waals surface area contributed by atoms with Crippen molar-refractivity contribution >= 4 is 16.0 Å². The SMILES string of the molecule is NOC(=O)c1cc(-c2ccc(F)cc2)n(-c2ccc(S(N)(=O)=O)cc2)n1. The number of carbonyl (C=O) groups is 1. The predicted molar refractivity (Wildman–Crippen MR) is 89.9 cm³/mol. The highest BCUT2D eigenvalue weighted by molar-refractivity contribution is 7.89. The molecule has 0 bridgehead atoms. The van der Waals surface area contributed by atoms with Crippen LogP contribution in [0.1, 0.15) is 10.5 Å². The maximum Gasteiger partial charge on any atom is 0.377 e. The second-order valence-electron chi connectivity index (χ2n) is 5.28. The Morgan fingerprint density at radius 3 is 2.23 bits per heavy atom. The van der Waals surface area contributed by atoms with Crippen molar-refractivity contribution < 1.29 is 22.4 Å². The Morgan fingerprint density at radius 1 is 1.08 bits per heavy atom. The summed E-state index contributed by atoms with van der Waals surface area (Å²) < 4.78 is 37.3. The standard InChI is InChI=1S/C16H13FN4O4S/c17-11-3-1-10(2-4-11)15-9-14(16(22)25-18)20-21(15)12-5-7-13(8-6-12)26(19,23)24/h1-9H,18H2,(H2,19,23,24). The molecule has 3 aromatic rings. The van der Waals surface area contributed by atoms with Gasteiger partial charge >= 0.3 is 5.97 Å². The minimum absolute atomic E-state index is 0.0673. The van der Waals surface area contributed by atoms with Crippen molar-refractivity contribution in [3.05, 3.63) is 66.1 Å². The zero-order chi connectivity index (χ0) is 18.9. The highest BCUT2D eigenvalue weighted by Crippen LogP contribution is 2.25. The van der Waals surface area contributed by atoms with Gasteiger partial charge in [-0.15, -0.1) is 0 Å². The molecule has 0 aliphatic carbocycles. The van der Waals surface area contributed by atoms with Crippen LogP contribution in [0.3, 0.4) is 0 Å². The molecule has 0 aliphatic heterocycles. The summed E-state index contributed by atoms with van der Waals surface area (Å²) in [7, 11) is -3.84. The van der Waals surface area contributed by atoms with E-state index in [1.807, 2.05) is 0 Å². The average molecular weight is 376 g/mol. The Hall–Kier alpha value is -3.08. The Labute approximate surface area is 147 Å². The molecule has 10 heteroatoms. The average Bonchev–Trinajstić information content (AvgIpc) is 3.06. The minimum Gasteiger partial charge on any atom is -0.368 e. The van der Waals surface area contributed by atoms with E-state index in [1.165, 1.54) is 59.3 Å². The lowest BCUT2D eigenvalue weighted by Gasteiger charge is -2.08. The molecule has 0 fully saturated rings.